The van der Waals surface area contributed by atoms with Crippen molar-refractivity contribution in [3.63, 3.8) is 0 Å². The van der Waals surface area contributed by atoms with Gasteiger partial charge in [0.05, 0.1) is 12.8 Å². The second-order valence-corrected chi connectivity index (χ2v) is 5.30. The minimum Gasteiger partial charge on any atom is -0.468 e. The summed E-state index contributed by atoms with van der Waals surface area (Å²) in [4.78, 5) is 0. The number of nitrogens with one attached hydrogen (secondary N) is 1. The van der Waals surface area contributed by atoms with E-state index in [2.05, 4.69) is 19.2 Å². The lowest BCUT2D eigenvalue weighted by Crippen LogP contribution is -2.26. The zero-order valence-corrected chi connectivity index (χ0v) is 10.5. The fraction of sp³-hybridized carbons (Fsp3) is 0.714. The van der Waals surface area contributed by atoms with E-state index < -0.39 is 0 Å². The van der Waals surface area contributed by atoms with E-state index in [4.69, 9.17) is 4.42 Å². The molecule has 1 saturated carbocycles. The highest BCUT2D eigenvalue weighted by atomic mass is 16.3. The van der Waals surface area contributed by atoms with Gasteiger partial charge in [0.25, 0.3) is 0 Å². The summed E-state index contributed by atoms with van der Waals surface area (Å²) in [6.07, 6.45) is 7.40. The second-order valence-electron chi connectivity index (χ2n) is 5.30. The third-order valence-electron chi connectivity index (χ3n) is 3.73. The summed E-state index contributed by atoms with van der Waals surface area (Å²) in [7, 11) is 0. The third-order valence-corrected chi connectivity index (χ3v) is 3.73. The molecule has 1 aliphatic carbocycles. The predicted octanol–water partition coefficient (Wildman–Crippen LogP) is 3.50. The Bertz CT molecular complexity index is 318. The van der Waals surface area contributed by atoms with Crippen LogP contribution in [0, 0.1) is 18.8 Å². The molecule has 1 heterocycles. The van der Waals surface area contributed by atoms with Crippen LogP contribution in [0.1, 0.15) is 43.9 Å². The molecule has 0 bridgehead atoms. The molecule has 1 aromatic heterocycles. The predicted molar refractivity (Wildman–Crippen MR) is 66.3 cm³/mol. The van der Waals surface area contributed by atoms with E-state index in [1.807, 2.05) is 6.07 Å². The topological polar surface area (TPSA) is 25.2 Å². The summed E-state index contributed by atoms with van der Waals surface area (Å²) in [6, 6.07) is 2.03. The molecule has 0 radical (unpaired) electrons. The molecule has 0 saturated heterocycles. The van der Waals surface area contributed by atoms with Crippen LogP contribution in [0.3, 0.4) is 0 Å². The molecule has 2 nitrogen and oxygen atoms in total. The largest absolute Gasteiger partial charge is 0.468 e. The standard InChI is InChI=1S/C14H23NO/c1-11-4-3-5-13(8-11)9-15-10-14-12(2)6-7-16-14/h6-7,11,13,15H,3-5,8-10H2,1-2H3. The molecule has 2 unspecified atom stereocenters. The van der Waals surface area contributed by atoms with Crippen molar-refractivity contribution in [3.8, 4) is 0 Å². The fourth-order valence-electron chi connectivity index (χ4n) is 2.72. The van der Waals surface area contributed by atoms with Gasteiger partial charge < -0.3 is 9.73 Å². The monoisotopic (exact) mass is 221 g/mol. The minimum absolute atomic E-state index is 0.874. The summed E-state index contributed by atoms with van der Waals surface area (Å²) in [6.45, 7) is 6.50. The van der Waals surface area contributed by atoms with Crippen molar-refractivity contribution in [1.29, 1.82) is 0 Å². The molecule has 1 N–H and O–H groups in total. The zero-order valence-electron chi connectivity index (χ0n) is 10.5. The van der Waals surface area contributed by atoms with Crippen LogP contribution in [0.4, 0.5) is 0 Å². The van der Waals surface area contributed by atoms with Crippen molar-refractivity contribution < 1.29 is 4.42 Å². The van der Waals surface area contributed by atoms with Gasteiger partial charge in [-0.15, -0.1) is 0 Å². The van der Waals surface area contributed by atoms with Crippen molar-refractivity contribution >= 4 is 0 Å². The van der Waals surface area contributed by atoms with Crippen LogP contribution in [0.5, 0.6) is 0 Å². The zero-order chi connectivity index (χ0) is 11.4. The second kappa shape index (κ2) is 5.53. The Hall–Kier alpha value is -0.760. The van der Waals surface area contributed by atoms with Gasteiger partial charge in [-0.1, -0.05) is 19.8 Å². The van der Waals surface area contributed by atoms with Crippen molar-refractivity contribution in [2.45, 2.75) is 46.1 Å². The molecule has 1 aromatic rings. The quantitative estimate of drug-likeness (QED) is 0.841. The SMILES string of the molecule is Cc1ccoc1CNCC1CCCC(C)C1. The van der Waals surface area contributed by atoms with E-state index in [1.54, 1.807) is 6.26 Å². The van der Waals surface area contributed by atoms with Crippen LogP contribution in [-0.4, -0.2) is 6.54 Å². The minimum atomic E-state index is 0.874. The molecule has 0 amide bonds. The first-order valence-corrected chi connectivity index (χ1v) is 6.49. The maximum Gasteiger partial charge on any atom is 0.120 e. The lowest BCUT2D eigenvalue weighted by Gasteiger charge is -2.26. The van der Waals surface area contributed by atoms with Crippen molar-refractivity contribution in [2.75, 3.05) is 6.54 Å². The first kappa shape index (κ1) is 11.7. The summed E-state index contributed by atoms with van der Waals surface area (Å²) < 4.78 is 5.41. The van der Waals surface area contributed by atoms with Crippen LogP contribution in [-0.2, 0) is 6.54 Å². The lowest BCUT2D eigenvalue weighted by atomic mass is 9.82. The van der Waals surface area contributed by atoms with Gasteiger partial charge in [-0.3, -0.25) is 0 Å². The molecule has 1 fully saturated rings. The van der Waals surface area contributed by atoms with E-state index >= 15 is 0 Å². The van der Waals surface area contributed by atoms with Crippen LogP contribution >= 0.6 is 0 Å². The number of rotatable bonds is 4. The maximum absolute atomic E-state index is 5.41. The smallest absolute Gasteiger partial charge is 0.120 e. The summed E-state index contributed by atoms with van der Waals surface area (Å²) >= 11 is 0. The Morgan fingerprint density at radius 3 is 3.00 bits per heavy atom. The van der Waals surface area contributed by atoms with Gasteiger partial charge in [-0.2, -0.15) is 0 Å². The molecule has 2 heteroatoms. The van der Waals surface area contributed by atoms with Gasteiger partial charge in [-0.05, 0) is 49.8 Å². The number of aryl methyl sites for hydroxylation is 1. The normalized spacial score (nSPS) is 25.9. The average molecular weight is 221 g/mol. The molecule has 16 heavy (non-hydrogen) atoms. The average Bonchev–Trinajstić information content (AvgIpc) is 2.65. The van der Waals surface area contributed by atoms with Crippen LogP contribution in [0.25, 0.3) is 0 Å². The maximum atomic E-state index is 5.41. The van der Waals surface area contributed by atoms with Gasteiger partial charge in [0, 0.05) is 0 Å². The summed E-state index contributed by atoms with van der Waals surface area (Å²) in [5, 5.41) is 3.53. The van der Waals surface area contributed by atoms with E-state index in [9.17, 15) is 0 Å². The van der Waals surface area contributed by atoms with E-state index in [0.717, 1.165) is 30.7 Å². The Labute approximate surface area is 98.4 Å². The molecular formula is C14H23NO. The highest BCUT2D eigenvalue weighted by Gasteiger charge is 2.18. The Balaban J connectivity index is 1.70. The van der Waals surface area contributed by atoms with Gasteiger partial charge in [0.2, 0.25) is 0 Å². The van der Waals surface area contributed by atoms with E-state index in [-0.39, 0.29) is 0 Å². The van der Waals surface area contributed by atoms with E-state index in [0.29, 0.717) is 0 Å². The van der Waals surface area contributed by atoms with Crippen molar-refractivity contribution in [1.82, 2.24) is 5.32 Å². The fourth-order valence-corrected chi connectivity index (χ4v) is 2.72. The highest BCUT2D eigenvalue weighted by Crippen LogP contribution is 2.27. The molecule has 1 aliphatic rings. The molecule has 0 spiro atoms. The Morgan fingerprint density at radius 1 is 1.44 bits per heavy atom. The molecule has 90 valence electrons. The summed E-state index contributed by atoms with van der Waals surface area (Å²) in [5.41, 5.74) is 1.25. The first-order valence-electron chi connectivity index (χ1n) is 6.49. The van der Waals surface area contributed by atoms with Gasteiger partial charge in [-0.25, -0.2) is 0 Å². The van der Waals surface area contributed by atoms with Crippen LogP contribution < -0.4 is 5.32 Å². The molecule has 0 aromatic carbocycles. The molecule has 2 atom stereocenters. The Kier molecular flexibility index (Phi) is 4.05. The highest BCUT2D eigenvalue weighted by molar-refractivity contribution is 5.14. The van der Waals surface area contributed by atoms with Gasteiger partial charge in [0.15, 0.2) is 0 Å². The number of furan rings is 1. The van der Waals surface area contributed by atoms with Crippen molar-refractivity contribution in [3.05, 3.63) is 23.7 Å². The molecular weight excluding hydrogens is 198 g/mol. The Morgan fingerprint density at radius 2 is 2.31 bits per heavy atom. The summed E-state index contributed by atoms with van der Waals surface area (Å²) in [5.74, 6) is 2.88. The van der Waals surface area contributed by atoms with E-state index in [1.165, 1.54) is 31.2 Å². The number of hydrogen-bond donors (Lipinski definition) is 1. The van der Waals surface area contributed by atoms with Gasteiger partial charge >= 0.3 is 0 Å². The molecule has 2 rings (SSSR count). The van der Waals surface area contributed by atoms with Crippen molar-refractivity contribution in [2.24, 2.45) is 11.8 Å². The van der Waals surface area contributed by atoms with Gasteiger partial charge in [0.1, 0.15) is 5.76 Å². The third kappa shape index (κ3) is 3.11. The lowest BCUT2D eigenvalue weighted by molar-refractivity contribution is 0.272. The molecule has 0 aliphatic heterocycles. The first-order chi connectivity index (χ1) is 7.75. The van der Waals surface area contributed by atoms with Crippen LogP contribution in [0.2, 0.25) is 0 Å². The number of hydrogen-bond acceptors (Lipinski definition) is 2. The van der Waals surface area contributed by atoms with Crippen LogP contribution in [0.15, 0.2) is 16.7 Å².